The van der Waals surface area contributed by atoms with Crippen LogP contribution in [0.15, 0.2) is 9.98 Å². The lowest BCUT2D eigenvalue weighted by Crippen LogP contribution is -2.47. The maximum atomic E-state index is 11.2. The first-order chi connectivity index (χ1) is 6.72. The molecule has 0 heterocycles. The normalized spacial score (nSPS) is 10.2. The van der Waals surface area contributed by atoms with Crippen LogP contribution in [0.5, 0.6) is 0 Å². The zero-order chi connectivity index (χ0) is 12.2. The van der Waals surface area contributed by atoms with Gasteiger partial charge in [0, 0.05) is 0 Å². The van der Waals surface area contributed by atoms with E-state index in [9.17, 15) is 9.59 Å². The van der Waals surface area contributed by atoms with Crippen LogP contribution in [0.25, 0.3) is 0 Å². The lowest BCUT2D eigenvalue weighted by atomic mass is 10.1. The molecule has 0 aromatic rings. The fraction of sp³-hybridized carbons (Fsp3) is 0.333. The lowest BCUT2D eigenvalue weighted by Gasteiger charge is -2.17. The van der Waals surface area contributed by atoms with Crippen molar-refractivity contribution in [3.63, 3.8) is 0 Å². The van der Waals surface area contributed by atoms with Crippen molar-refractivity contribution in [2.24, 2.45) is 32.9 Å². The fourth-order valence-corrected chi connectivity index (χ4v) is 0.802. The first-order valence-corrected chi connectivity index (χ1v) is 3.68. The quantitative estimate of drug-likeness (QED) is 0.187. The highest BCUT2D eigenvalue weighted by molar-refractivity contribution is 6.09. The van der Waals surface area contributed by atoms with Gasteiger partial charge in [-0.1, -0.05) is 0 Å². The van der Waals surface area contributed by atoms with Gasteiger partial charge in [-0.15, -0.1) is 0 Å². The maximum absolute atomic E-state index is 11.2. The number of carboxylic acid groups (broad SMARTS) is 1. The van der Waals surface area contributed by atoms with E-state index < -0.39 is 29.3 Å². The number of carboxylic acids is 1. The summed E-state index contributed by atoms with van der Waals surface area (Å²) in [5, 5.41) is 8.83. The first-order valence-electron chi connectivity index (χ1n) is 3.68. The molecular weight excluding hydrogens is 204 g/mol. The highest BCUT2D eigenvalue weighted by Gasteiger charge is 2.44. The summed E-state index contributed by atoms with van der Waals surface area (Å²) in [4.78, 5) is 28.5. The van der Waals surface area contributed by atoms with Crippen LogP contribution in [0.4, 0.5) is 0 Å². The SMILES string of the molecule is CC(=O)C(N=C(N)N)(N=C(N)N)C(=O)O. The molecule has 0 aliphatic heterocycles. The predicted molar refractivity (Wildman–Crippen MR) is 52.7 cm³/mol. The Morgan fingerprint density at radius 3 is 1.53 bits per heavy atom. The number of hydrogen-bond acceptors (Lipinski definition) is 4. The highest BCUT2D eigenvalue weighted by Crippen LogP contribution is 2.14. The summed E-state index contributed by atoms with van der Waals surface area (Å²) in [6.07, 6.45) is 0. The van der Waals surface area contributed by atoms with E-state index in [2.05, 4.69) is 9.98 Å². The Morgan fingerprint density at radius 2 is 1.40 bits per heavy atom. The Bertz CT molecular complexity index is 305. The Hall–Kier alpha value is -2.32. The van der Waals surface area contributed by atoms with Crippen LogP contribution in [0.2, 0.25) is 0 Å². The van der Waals surface area contributed by atoms with Crippen LogP contribution in [0, 0.1) is 0 Å². The minimum Gasteiger partial charge on any atom is -0.478 e. The van der Waals surface area contributed by atoms with E-state index >= 15 is 0 Å². The van der Waals surface area contributed by atoms with Crippen LogP contribution in [-0.2, 0) is 9.59 Å². The third-order valence-electron chi connectivity index (χ3n) is 1.37. The summed E-state index contributed by atoms with van der Waals surface area (Å²) in [5.74, 6) is -3.82. The topological polar surface area (TPSA) is 183 Å². The minimum absolute atomic E-state index is 0.613. The zero-order valence-electron chi connectivity index (χ0n) is 7.97. The average molecular weight is 216 g/mol. The second kappa shape index (κ2) is 4.26. The number of hydrogen-bond donors (Lipinski definition) is 5. The van der Waals surface area contributed by atoms with Crippen LogP contribution in [0.3, 0.4) is 0 Å². The van der Waals surface area contributed by atoms with E-state index in [0.717, 1.165) is 6.92 Å². The molecule has 0 amide bonds. The van der Waals surface area contributed by atoms with Crippen molar-refractivity contribution in [1.82, 2.24) is 0 Å². The molecule has 0 unspecified atom stereocenters. The van der Waals surface area contributed by atoms with Gasteiger partial charge in [0.2, 0.25) is 0 Å². The van der Waals surface area contributed by atoms with Gasteiger partial charge in [0.15, 0.2) is 17.7 Å². The van der Waals surface area contributed by atoms with Crippen LogP contribution in [0.1, 0.15) is 6.92 Å². The number of guanidine groups is 2. The number of nitrogens with two attached hydrogens (primary N) is 4. The van der Waals surface area contributed by atoms with Gasteiger partial charge in [0.05, 0.1) is 0 Å². The Kier molecular flexibility index (Phi) is 3.60. The smallest absolute Gasteiger partial charge is 0.362 e. The molecule has 0 bridgehead atoms. The second-order valence-corrected chi connectivity index (χ2v) is 2.61. The molecule has 0 saturated carbocycles. The third kappa shape index (κ3) is 2.83. The Morgan fingerprint density at radius 1 is 1.07 bits per heavy atom. The van der Waals surface area contributed by atoms with Crippen molar-refractivity contribution in [3.8, 4) is 0 Å². The monoisotopic (exact) mass is 216 g/mol. The van der Waals surface area contributed by atoms with E-state index in [-0.39, 0.29) is 0 Å². The molecule has 0 spiro atoms. The molecular formula is C6H12N6O3. The van der Waals surface area contributed by atoms with E-state index in [1.165, 1.54) is 0 Å². The molecule has 84 valence electrons. The van der Waals surface area contributed by atoms with Crippen molar-refractivity contribution in [2.75, 3.05) is 0 Å². The number of aliphatic carboxylic acids is 1. The third-order valence-corrected chi connectivity index (χ3v) is 1.37. The van der Waals surface area contributed by atoms with Crippen molar-refractivity contribution in [3.05, 3.63) is 0 Å². The van der Waals surface area contributed by atoms with Gasteiger partial charge in [-0.25, -0.2) is 14.8 Å². The van der Waals surface area contributed by atoms with E-state index in [1.807, 2.05) is 0 Å². The lowest BCUT2D eigenvalue weighted by molar-refractivity contribution is -0.147. The Balaban J connectivity index is 5.71. The molecule has 9 nitrogen and oxygen atoms in total. The number of carbonyl (C=O) groups is 2. The predicted octanol–water partition coefficient (Wildman–Crippen LogP) is -3.10. The van der Waals surface area contributed by atoms with Crippen LogP contribution < -0.4 is 22.9 Å². The average Bonchev–Trinajstić information content (AvgIpc) is 1.99. The molecule has 0 atom stereocenters. The van der Waals surface area contributed by atoms with Crippen molar-refractivity contribution in [2.45, 2.75) is 12.6 Å². The zero-order valence-corrected chi connectivity index (χ0v) is 7.97. The summed E-state index contributed by atoms with van der Waals surface area (Å²) < 4.78 is 0. The van der Waals surface area contributed by atoms with Gasteiger partial charge in [0.1, 0.15) is 0 Å². The van der Waals surface area contributed by atoms with Gasteiger partial charge in [-0.2, -0.15) is 0 Å². The van der Waals surface area contributed by atoms with Crippen molar-refractivity contribution >= 4 is 23.7 Å². The number of rotatable bonds is 4. The van der Waals surface area contributed by atoms with E-state index in [0.29, 0.717) is 0 Å². The number of carbonyl (C=O) groups excluding carboxylic acids is 1. The van der Waals surface area contributed by atoms with E-state index in [1.54, 1.807) is 0 Å². The molecule has 15 heavy (non-hydrogen) atoms. The number of aliphatic imine (C=N–C) groups is 2. The van der Waals surface area contributed by atoms with Gasteiger partial charge in [-0.3, -0.25) is 4.79 Å². The summed E-state index contributed by atoms with van der Waals surface area (Å²) in [7, 11) is 0. The molecule has 0 aliphatic carbocycles. The number of nitrogens with zero attached hydrogens (tertiary/aromatic N) is 2. The van der Waals surface area contributed by atoms with Gasteiger partial charge >= 0.3 is 11.6 Å². The highest BCUT2D eigenvalue weighted by atomic mass is 16.4. The van der Waals surface area contributed by atoms with E-state index in [4.69, 9.17) is 28.0 Å². The van der Waals surface area contributed by atoms with Gasteiger partial charge < -0.3 is 28.0 Å². The second-order valence-electron chi connectivity index (χ2n) is 2.61. The first kappa shape index (κ1) is 12.7. The Labute approximate surface area is 84.8 Å². The largest absolute Gasteiger partial charge is 0.478 e. The molecule has 0 fully saturated rings. The summed E-state index contributed by atoms with van der Waals surface area (Å²) in [5.41, 5.74) is 17.5. The molecule has 0 radical (unpaired) electrons. The number of ketones is 1. The van der Waals surface area contributed by atoms with Crippen LogP contribution >= 0.6 is 0 Å². The molecule has 0 aliphatic rings. The standard InChI is InChI=1S/C6H12N6O3/c1-2(13)6(3(14)15,11-4(7)8)12-5(9)10/h1H3,(H,14,15)(H4,7,8,11)(H4,9,10,12). The fourth-order valence-electron chi connectivity index (χ4n) is 0.802. The molecule has 9 N–H and O–H groups in total. The summed E-state index contributed by atoms with van der Waals surface area (Å²) in [6, 6.07) is 0. The van der Waals surface area contributed by atoms with Crippen molar-refractivity contribution < 1.29 is 14.7 Å². The minimum atomic E-state index is -2.50. The van der Waals surface area contributed by atoms with Gasteiger partial charge in [-0.05, 0) is 6.92 Å². The molecule has 0 rings (SSSR count). The molecule has 0 aromatic heterocycles. The molecule has 0 saturated heterocycles. The molecule has 0 aromatic carbocycles. The maximum Gasteiger partial charge on any atom is 0.362 e. The summed E-state index contributed by atoms with van der Waals surface area (Å²) >= 11 is 0. The number of Topliss-reactive ketones (excluding diaryl/α,β-unsaturated/α-hetero) is 1. The van der Waals surface area contributed by atoms with Crippen LogP contribution in [-0.4, -0.2) is 34.4 Å². The molecule has 9 heteroatoms. The van der Waals surface area contributed by atoms with Crippen molar-refractivity contribution in [1.29, 1.82) is 0 Å². The summed E-state index contributed by atoms with van der Waals surface area (Å²) in [6.45, 7) is 0.951. The van der Waals surface area contributed by atoms with Gasteiger partial charge in [0.25, 0.3) is 0 Å².